The van der Waals surface area contributed by atoms with E-state index in [1.54, 1.807) is 6.20 Å². The van der Waals surface area contributed by atoms with Gasteiger partial charge < -0.3 is 0 Å². The fourth-order valence-electron chi connectivity index (χ4n) is 2.36. The predicted molar refractivity (Wildman–Crippen MR) is 66.4 cm³/mol. The molecular weight excluding hydrogens is 208 g/mol. The van der Waals surface area contributed by atoms with Crippen LogP contribution in [0, 0.1) is 11.3 Å². The maximum Gasteiger partial charge on any atom is 0.101 e. The Hall–Kier alpha value is -2.14. The lowest BCUT2D eigenvalue weighted by molar-refractivity contribution is 0.912. The highest BCUT2D eigenvalue weighted by Crippen LogP contribution is 2.27. The molecular formula is C15H12N2. The van der Waals surface area contributed by atoms with Crippen LogP contribution in [0.4, 0.5) is 0 Å². The molecule has 0 saturated heterocycles. The Morgan fingerprint density at radius 3 is 2.71 bits per heavy atom. The fourth-order valence-corrected chi connectivity index (χ4v) is 2.36. The van der Waals surface area contributed by atoms with Gasteiger partial charge in [0.15, 0.2) is 0 Å². The number of aryl methyl sites for hydroxylation is 2. The Morgan fingerprint density at radius 2 is 1.94 bits per heavy atom. The Bertz CT molecular complexity index is 591. The number of nitrogens with zero attached hydrogens (tertiary/aromatic N) is 2. The summed E-state index contributed by atoms with van der Waals surface area (Å²) in [4.78, 5) is 4.32. The van der Waals surface area contributed by atoms with E-state index >= 15 is 0 Å². The van der Waals surface area contributed by atoms with Crippen molar-refractivity contribution in [3.8, 4) is 17.3 Å². The Morgan fingerprint density at radius 1 is 1.06 bits per heavy atom. The van der Waals surface area contributed by atoms with Crippen molar-refractivity contribution in [2.45, 2.75) is 19.3 Å². The number of hydrogen-bond donors (Lipinski definition) is 0. The molecule has 0 bridgehead atoms. The summed E-state index contributed by atoms with van der Waals surface area (Å²) in [7, 11) is 0. The van der Waals surface area contributed by atoms with Gasteiger partial charge in [-0.2, -0.15) is 5.26 Å². The van der Waals surface area contributed by atoms with E-state index in [0.29, 0.717) is 5.56 Å². The molecule has 0 saturated carbocycles. The number of hydrogen-bond acceptors (Lipinski definition) is 2. The molecule has 3 rings (SSSR count). The normalized spacial score (nSPS) is 13.1. The number of fused-ring (bicyclic) bond motifs is 1. The highest BCUT2D eigenvalue weighted by Gasteiger charge is 2.11. The van der Waals surface area contributed by atoms with Crippen LogP contribution in [0.25, 0.3) is 11.3 Å². The van der Waals surface area contributed by atoms with Gasteiger partial charge in [-0.15, -0.1) is 0 Å². The maximum atomic E-state index is 8.74. The van der Waals surface area contributed by atoms with Gasteiger partial charge in [-0.05, 0) is 48.6 Å². The number of rotatable bonds is 1. The Kier molecular flexibility index (Phi) is 2.38. The van der Waals surface area contributed by atoms with E-state index in [2.05, 4.69) is 29.3 Å². The van der Waals surface area contributed by atoms with Gasteiger partial charge in [0.2, 0.25) is 0 Å². The van der Waals surface area contributed by atoms with Crippen LogP contribution in [0.15, 0.2) is 36.5 Å². The minimum Gasteiger partial charge on any atom is -0.255 e. The molecule has 1 aliphatic carbocycles. The van der Waals surface area contributed by atoms with Crippen LogP contribution in [0.5, 0.6) is 0 Å². The van der Waals surface area contributed by atoms with Gasteiger partial charge in [0, 0.05) is 11.8 Å². The second-order valence-electron chi connectivity index (χ2n) is 4.38. The van der Waals surface area contributed by atoms with Gasteiger partial charge in [-0.1, -0.05) is 12.1 Å². The number of pyridine rings is 1. The first kappa shape index (κ1) is 10.0. The molecule has 0 fully saturated rings. The summed E-state index contributed by atoms with van der Waals surface area (Å²) >= 11 is 0. The van der Waals surface area contributed by atoms with Crippen LogP contribution in [-0.2, 0) is 12.8 Å². The average molecular weight is 220 g/mol. The summed E-state index contributed by atoms with van der Waals surface area (Å²) in [6, 6.07) is 12.4. The molecule has 17 heavy (non-hydrogen) atoms. The van der Waals surface area contributed by atoms with Gasteiger partial charge in [-0.25, -0.2) is 0 Å². The lowest BCUT2D eigenvalue weighted by Crippen LogP contribution is -1.87. The van der Waals surface area contributed by atoms with Crippen molar-refractivity contribution < 1.29 is 0 Å². The van der Waals surface area contributed by atoms with E-state index in [9.17, 15) is 0 Å². The zero-order chi connectivity index (χ0) is 11.7. The van der Waals surface area contributed by atoms with Crippen molar-refractivity contribution in [1.82, 2.24) is 4.98 Å². The third kappa shape index (κ3) is 1.81. The second-order valence-corrected chi connectivity index (χ2v) is 4.38. The van der Waals surface area contributed by atoms with E-state index in [4.69, 9.17) is 5.26 Å². The summed E-state index contributed by atoms with van der Waals surface area (Å²) < 4.78 is 0. The lowest BCUT2D eigenvalue weighted by atomic mass is 10.0. The first-order valence-corrected chi connectivity index (χ1v) is 5.85. The van der Waals surface area contributed by atoms with Crippen LogP contribution in [0.2, 0.25) is 0 Å². The molecule has 0 unspecified atom stereocenters. The second kappa shape index (κ2) is 4.03. The van der Waals surface area contributed by atoms with Gasteiger partial charge in [-0.3, -0.25) is 4.98 Å². The van der Waals surface area contributed by atoms with Crippen LogP contribution in [-0.4, -0.2) is 4.98 Å². The standard InChI is InChI=1S/C15H12N2/c16-9-11-4-7-15(17-10-11)14-6-5-12-2-1-3-13(12)8-14/h4-8,10H,1-3H2. The summed E-state index contributed by atoms with van der Waals surface area (Å²) in [6.45, 7) is 0. The van der Waals surface area contributed by atoms with E-state index < -0.39 is 0 Å². The monoisotopic (exact) mass is 220 g/mol. The van der Waals surface area contributed by atoms with Gasteiger partial charge in [0.25, 0.3) is 0 Å². The number of aromatic nitrogens is 1. The molecule has 0 aliphatic heterocycles. The quantitative estimate of drug-likeness (QED) is 0.740. The van der Waals surface area contributed by atoms with Crippen molar-refractivity contribution in [3.63, 3.8) is 0 Å². The van der Waals surface area contributed by atoms with Crippen LogP contribution in [0.1, 0.15) is 23.1 Å². The summed E-state index contributed by atoms with van der Waals surface area (Å²) in [5.74, 6) is 0. The average Bonchev–Trinajstić information content (AvgIpc) is 2.86. The molecule has 2 aromatic rings. The Balaban J connectivity index is 2.01. The fraction of sp³-hybridized carbons (Fsp3) is 0.200. The van der Waals surface area contributed by atoms with E-state index in [-0.39, 0.29) is 0 Å². The topological polar surface area (TPSA) is 36.7 Å². The van der Waals surface area contributed by atoms with E-state index in [1.807, 2.05) is 12.1 Å². The molecule has 0 amide bonds. The van der Waals surface area contributed by atoms with Crippen molar-refractivity contribution in [3.05, 3.63) is 53.2 Å². The number of nitriles is 1. The minimum atomic E-state index is 0.606. The molecule has 0 spiro atoms. The highest BCUT2D eigenvalue weighted by molar-refractivity contribution is 5.62. The van der Waals surface area contributed by atoms with Gasteiger partial charge in [0.05, 0.1) is 11.3 Å². The molecule has 0 atom stereocenters. The van der Waals surface area contributed by atoms with Crippen molar-refractivity contribution >= 4 is 0 Å². The molecule has 1 aromatic heterocycles. The SMILES string of the molecule is N#Cc1ccc(-c2ccc3c(c2)CCC3)nc1. The molecule has 1 aromatic carbocycles. The zero-order valence-corrected chi connectivity index (χ0v) is 9.48. The van der Waals surface area contributed by atoms with Crippen LogP contribution >= 0.6 is 0 Å². The van der Waals surface area contributed by atoms with Crippen LogP contribution in [0.3, 0.4) is 0 Å². The van der Waals surface area contributed by atoms with Crippen LogP contribution < -0.4 is 0 Å². The summed E-state index contributed by atoms with van der Waals surface area (Å²) in [5.41, 5.74) is 5.62. The predicted octanol–water partition coefficient (Wildman–Crippen LogP) is 3.11. The van der Waals surface area contributed by atoms with Gasteiger partial charge >= 0.3 is 0 Å². The summed E-state index contributed by atoms with van der Waals surface area (Å²) in [6.07, 6.45) is 5.28. The maximum absolute atomic E-state index is 8.74. The first-order chi connectivity index (χ1) is 8.36. The van der Waals surface area contributed by atoms with E-state index in [0.717, 1.165) is 11.3 Å². The summed E-state index contributed by atoms with van der Waals surface area (Å²) in [5, 5.41) is 8.74. The van der Waals surface area contributed by atoms with Crippen molar-refractivity contribution in [2.75, 3.05) is 0 Å². The molecule has 2 nitrogen and oxygen atoms in total. The first-order valence-electron chi connectivity index (χ1n) is 5.85. The van der Waals surface area contributed by atoms with E-state index in [1.165, 1.54) is 30.4 Å². The van der Waals surface area contributed by atoms with Crippen molar-refractivity contribution in [1.29, 1.82) is 5.26 Å². The van der Waals surface area contributed by atoms with Crippen molar-refractivity contribution in [2.24, 2.45) is 0 Å². The van der Waals surface area contributed by atoms with Gasteiger partial charge in [0.1, 0.15) is 6.07 Å². The smallest absolute Gasteiger partial charge is 0.101 e. The third-order valence-electron chi connectivity index (χ3n) is 3.29. The molecule has 0 radical (unpaired) electrons. The molecule has 2 heteroatoms. The Labute approximate surface area is 101 Å². The number of benzene rings is 1. The largest absolute Gasteiger partial charge is 0.255 e. The molecule has 0 N–H and O–H groups in total. The minimum absolute atomic E-state index is 0.606. The third-order valence-corrected chi connectivity index (χ3v) is 3.29. The lowest BCUT2D eigenvalue weighted by Gasteiger charge is -2.04. The molecule has 1 heterocycles. The zero-order valence-electron chi connectivity index (χ0n) is 9.48. The molecule has 82 valence electrons. The highest BCUT2D eigenvalue weighted by atomic mass is 14.7. The molecule has 1 aliphatic rings.